The van der Waals surface area contributed by atoms with Crippen LogP contribution < -0.4 is 0 Å². The quantitative estimate of drug-likeness (QED) is 0.620. The van der Waals surface area contributed by atoms with Crippen molar-refractivity contribution in [3.8, 4) is 5.75 Å². The molecule has 13 heavy (non-hydrogen) atoms. The maximum atomic E-state index is 10.4. The molecule has 1 rings (SSSR count). The molecular weight excluding hydrogens is 176 g/mol. The number of aromatic carboxylic acids is 2. The third-order valence-electron chi connectivity index (χ3n) is 1.38. The molecule has 5 nitrogen and oxygen atoms in total. The summed E-state index contributed by atoms with van der Waals surface area (Å²) in [6.07, 6.45) is 0. The van der Waals surface area contributed by atoms with Crippen LogP contribution in [0, 0.1) is 6.07 Å². The number of hydrogen-bond donors (Lipinski definition) is 3. The van der Waals surface area contributed by atoms with Crippen molar-refractivity contribution >= 4 is 11.9 Å². The fourth-order valence-corrected chi connectivity index (χ4v) is 0.780. The molecule has 0 fully saturated rings. The molecule has 0 spiro atoms. The molecule has 67 valence electrons. The number of carboxylic acid groups (broad SMARTS) is 2. The average Bonchev–Trinajstić information content (AvgIpc) is 2.03. The molecule has 0 saturated heterocycles. The number of carbonyl (C=O) groups is 2. The van der Waals surface area contributed by atoms with Crippen LogP contribution in [0.3, 0.4) is 0 Å². The van der Waals surface area contributed by atoms with Gasteiger partial charge in [0.15, 0.2) is 0 Å². The Labute approximate surface area is 72.9 Å². The minimum Gasteiger partial charge on any atom is -0.507 e. The smallest absolute Gasteiger partial charge is 0.340 e. The van der Waals surface area contributed by atoms with Gasteiger partial charge in [0, 0.05) is 6.07 Å². The van der Waals surface area contributed by atoms with Crippen molar-refractivity contribution in [2.45, 2.75) is 0 Å². The number of phenols is 1. The number of hydrogen-bond acceptors (Lipinski definition) is 3. The molecule has 1 aromatic carbocycles. The summed E-state index contributed by atoms with van der Waals surface area (Å²) in [5, 5.41) is 26.0. The zero-order valence-electron chi connectivity index (χ0n) is 6.31. The lowest BCUT2D eigenvalue weighted by Crippen LogP contribution is -2.01. The summed E-state index contributed by atoms with van der Waals surface area (Å²) in [5.74, 6) is -3.20. The van der Waals surface area contributed by atoms with Gasteiger partial charge in [-0.3, -0.25) is 0 Å². The van der Waals surface area contributed by atoms with Crippen LogP contribution in [0.4, 0.5) is 0 Å². The zero-order chi connectivity index (χ0) is 10.0. The second-order valence-corrected chi connectivity index (χ2v) is 2.26. The number of benzene rings is 1. The Balaban J connectivity index is 3.20. The average molecular weight is 181 g/mol. The van der Waals surface area contributed by atoms with E-state index in [0.717, 1.165) is 12.1 Å². The van der Waals surface area contributed by atoms with Crippen LogP contribution in [0.25, 0.3) is 0 Å². The molecule has 0 saturated carbocycles. The van der Waals surface area contributed by atoms with E-state index in [-0.39, 0.29) is 5.56 Å². The second-order valence-electron chi connectivity index (χ2n) is 2.26. The van der Waals surface area contributed by atoms with E-state index in [1.165, 1.54) is 0 Å². The Morgan fingerprint density at radius 1 is 1.23 bits per heavy atom. The first-order valence-electron chi connectivity index (χ1n) is 3.23. The lowest BCUT2D eigenvalue weighted by Gasteiger charge is -1.99. The molecular formula is C8H5O5. The molecule has 5 heteroatoms. The van der Waals surface area contributed by atoms with Gasteiger partial charge in [-0.25, -0.2) is 9.59 Å². The molecule has 0 aromatic heterocycles. The summed E-state index contributed by atoms with van der Waals surface area (Å²) in [7, 11) is 0. The summed E-state index contributed by atoms with van der Waals surface area (Å²) < 4.78 is 0. The molecule has 0 heterocycles. The second kappa shape index (κ2) is 3.14. The molecule has 0 aliphatic rings. The number of aromatic hydroxyl groups is 1. The van der Waals surface area contributed by atoms with E-state index < -0.39 is 23.3 Å². The summed E-state index contributed by atoms with van der Waals surface area (Å²) in [6, 6.07) is 4.01. The largest absolute Gasteiger partial charge is 0.507 e. The van der Waals surface area contributed by atoms with E-state index in [9.17, 15) is 9.59 Å². The monoisotopic (exact) mass is 181 g/mol. The van der Waals surface area contributed by atoms with E-state index >= 15 is 0 Å². The van der Waals surface area contributed by atoms with Crippen molar-refractivity contribution in [2.24, 2.45) is 0 Å². The lowest BCUT2D eigenvalue weighted by atomic mass is 10.1. The van der Waals surface area contributed by atoms with Gasteiger partial charge >= 0.3 is 11.9 Å². The van der Waals surface area contributed by atoms with E-state index in [0.29, 0.717) is 0 Å². The molecule has 0 aliphatic carbocycles. The van der Waals surface area contributed by atoms with E-state index in [1.54, 1.807) is 0 Å². The molecule has 1 radical (unpaired) electrons. The zero-order valence-corrected chi connectivity index (χ0v) is 6.31. The van der Waals surface area contributed by atoms with E-state index in [4.69, 9.17) is 15.3 Å². The predicted octanol–water partition coefficient (Wildman–Crippen LogP) is 0.589. The van der Waals surface area contributed by atoms with Gasteiger partial charge in [-0.1, -0.05) is 0 Å². The Hall–Kier alpha value is -2.04. The van der Waals surface area contributed by atoms with Gasteiger partial charge in [0.25, 0.3) is 0 Å². The van der Waals surface area contributed by atoms with Gasteiger partial charge in [0.2, 0.25) is 0 Å². The first-order chi connectivity index (χ1) is 6.02. The third-order valence-corrected chi connectivity index (χ3v) is 1.38. The Bertz CT molecular complexity index is 369. The van der Waals surface area contributed by atoms with Crippen molar-refractivity contribution in [1.82, 2.24) is 0 Å². The summed E-state index contributed by atoms with van der Waals surface area (Å²) in [6.45, 7) is 0. The van der Waals surface area contributed by atoms with Crippen molar-refractivity contribution in [3.05, 3.63) is 29.3 Å². The van der Waals surface area contributed by atoms with Crippen molar-refractivity contribution < 1.29 is 24.9 Å². The minimum absolute atomic E-state index is 0.206. The Morgan fingerprint density at radius 2 is 1.85 bits per heavy atom. The van der Waals surface area contributed by atoms with Crippen LogP contribution in [0.2, 0.25) is 0 Å². The normalized spacial score (nSPS) is 9.54. The highest BCUT2D eigenvalue weighted by Gasteiger charge is 2.12. The lowest BCUT2D eigenvalue weighted by molar-refractivity contribution is 0.0678. The van der Waals surface area contributed by atoms with Crippen LogP contribution in [-0.4, -0.2) is 27.3 Å². The van der Waals surface area contributed by atoms with Crippen molar-refractivity contribution in [3.63, 3.8) is 0 Å². The van der Waals surface area contributed by atoms with Crippen LogP contribution in [0.1, 0.15) is 20.7 Å². The van der Waals surface area contributed by atoms with Crippen molar-refractivity contribution in [2.75, 3.05) is 0 Å². The highest BCUT2D eigenvalue weighted by atomic mass is 16.4. The van der Waals surface area contributed by atoms with Gasteiger partial charge in [0.05, 0.1) is 5.56 Å². The number of rotatable bonds is 2. The maximum Gasteiger partial charge on any atom is 0.340 e. The SMILES string of the molecule is O=C(O)c1c[c]c(C(=O)O)c(O)c1. The van der Waals surface area contributed by atoms with Gasteiger partial charge in [0.1, 0.15) is 11.3 Å². The van der Waals surface area contributed by atoms with Crippen molar-refractivity contribution in [1.29, 1.82) is 0 Å². The van der Waals surface area contributed by atoms with E-state index in [1.807, 2.05) is 0 Å². The van der Waals surface area contributed by atoms with E-state index in [2.05, 4.69) is 6.07 Å². The minimum atomic E-state index is -1.35. The van der Waals surface area contributed by atoms with Crippen LogP contribution in [-0.2, 0) is 0 Å². The fraction of sp³-hybridized carbons (Fsp3) is 0. The highest BCUT2D eigenvalue weighted by Crippen LogP contribution is 2.17. The molecule has 1 aromatic rings. The predicted molar refractivity (Wildman–Crippen MR) is 40.9 cm³/mol. The highest BCUT2D eigenvalue weighted by molar-refractivity contribution is 5.94. The maximum absolute atomic E-state index is 10.4. The molecule has 0 aliphatic heterocycles. The molecule has 0 bridgehead atoms. The van der Waals surface area contributed by atoms with Crippen LogP contribution >= 0.6 is 0 Å². The van der Waals surface area contributed by atoms with Gasteiger partial charge in [-0.15, -0.1) is 0 Å². The standard InChI is InChI=1S/C8H5O5/c9-6-3-4(7(10)11)1-2-5(6)8(12)13/h1,3,9H,(H,10,11)(H,12,13). The van der Waals surface area contributed by atoms with Crippen LogP contribution in [0.15, 0.2) is 12.1 Å². The molecule has 0 amide bonds. The van der Waals surface area contributed by atoms with Gasteiger partial charge in [-0.2, -0.15) is 0 Å². The summed E-state index contributed by atoms with van der Waals surface area (Å²) in [4.78, 5) is 20.7. The molecule has 3 N–H and O–H groups in total. The van der Waals surface area contributed by atoms with Crippen LogP contribution in [0.5, 0.6) is 5.75 Å². The fourth-order valence-electron chi connectivity index (χ4n) is 0.780. The molecule has 0 unspecified atom stereocenters. The summed E-state index contributed by atoms with van der Waals surface area (Å²) >= 11 is 0. The Kier molecular flexibility index (Phi) is 2.19. The Morgan fingerprint density at radius 3 is 2.23 bits per heavy atom. The van der Waals surface area contributed by atoms with Gasteiger partial charge in [-0.05, 0) is 12.1 Å². The first-order valence-corrected chi connectivity index (χ1v) is 3.23. The first kappa shape index (κ1) is 9.05. The van der Waals surface area contributed by atoms with Gasteiger partial charge < -0.3 is 15.3 Å². The molecule has 0 atom stereocenters. The topological polar surface area (TPSA) is 94.8 Å². The third kappa shape index (κ3) is 1.76. The summed E-state index contributed by atoms with van der Waals surface area (Å²) in [5.41, 5.74) is -0.646. The number of carboxylic acids is 2.